The fourth-order valence-corrected chi connectivity index (χ4v) is 1.94. The number of nitrogens with zero attached hydrogens (tertiary/aromatic N) is 1. The molecule has 0 radical (unpaired) electrons. The molecule has 8 heteroatoms. The molecule has 0 aromatic heterocycles. The predicted octanol–water partition coefficient (Wildman–Crippen LogP) is 1.18. The monoisotopic (exact) mass is 231 g/mol. The second-order valence-electron chi connectivity index (χ2n) is 2.29. The largest absolute Gasteiger partial charge is 0.467 e. The lowest BCUT2D eigenvalue weighted by molar-refractivity contribution is -0.207. The molecule has 1 rings (SSSR count). The molecule has 13 heavy (non-hydrogen) atoms. The quantitative estimate of drug-likeness (QED) is 0.411. The van der Waals surface area contributed by atoms with E-state index in [0.717, 1.165) is 0 Å². The first-order valence-electron chi connectivity index (χ1n) is 3.68. The Morgan fingerprint density at radius 3 is 2.62 bits per heavy atom. The van der Waals surface area contributed by atoms with Crippen LogP contribution in [0.15, 0.2) is 0 Å². The number of rotatable bonds is 4. The molecule has 0 saturated carbocycles. The summed E-state index contributed by atoms with van der Waals surface area (Å²) in [6, 6.07) is 0. The van der Waals surface area contributed by atoms with E-state index in [1.165, 1.54) is 12.2 Å². The molecule has 0 aromatic rings. The molecule has 1 aliphatic heterocycles. The molecule has 1 unspecified atom stereocenters. The van der Waals surface area contributed by atoms with Gasteiger partial charge in [-0.3, -0.25) is 0 Å². The lowest BCUT2D eigenvalue weighted by atomic mass is 10.5. The van der Waals surface area contributed by atoms with Gasteiger partial charge in [0.15, 0.2) is 0 Å². The number of hydrogen-bond donors (Lipinski definition) is 0. The van der Waals surface area contributed by atoms with Crippen LogP contribution in [0.2, 0.25) is 0 Å². The molecule has 1 heterocycles. The molecule has 6 nitrogen and oxygen atoms in total. The first-order chi connectivity index (χ1) is 6.14. The molecule has 0 N–H and O–H groups in total. The zero-order valence-electron chi connectivity index (χ0n) is 7.14. The highest BCUT2D eigenvalue weighted by atomic mass is 35.7. The van der Waals surface area contributed by atoms with E-state index < -0.39 is 6.95 Å². The van der Waals surface area contributed by atoms with E-state index in [-0.39, 0.29) is 0 Å². The summed E-state index contributed by atoms with van der Waals surface area (Å²) < 4.78 is 25.3. The third-order valence-corrected chi connectivity index (χ3v) is 2.45. The van der Waals surface area contributed by atoms with Crippen LogP contribution in [0.3, 0.4) is 0 Å². The van der Waals surface area contributed by atoms with Gasteiger partial charge in [-0.05, 0) is 0 Å². The van der Waals surface area contributed by atoms with Gasteiger partial charge < -0.3 is 4.74 Å². The molecule has 0 bridgehead atoms. The molecule has 0 aromatic carbocycles. The summed E-state index contributed by atoms with van der Waals surface area (Å²) in [4.78, 5) is 4.17. The molecular weight excluding hydrogens is 220 g/mol. The van der Waals surface area contributed by atoms with Crippen molar-refractivity contribution < 1.29 is 23.5 Å². The summed E-state index contributed by atoms with van der Waals surface area (Å²) in [6.07, 6.45) is 0. The minimum atomic E-state index is -3.64. The minimum Gasteiger partial charge on any atom is -0.379 e. The Morgan fingerprint density at radius 1 is 1.46 bits per heavy atom. The van der Waals surface area contributed by atoms with Gasteiger partial charge in [0.1, 0.15) is 0 Å². The second kappa shape index (κ2) is 5.26. The van der Waals surface area contributed by atoms with Crippen molar-refractivity contribution in [1.29, 1.82) is 0 Å². The Balaban J connectivity index is 2.32. The molecule has 1 aliphatic rings. The van der Waals surface area contributed by atoms with E-state index in [9.17, 15) is 4.57 Å². The molecular formula is C5H11ClNO5P. The summed E-state index contributed by atoms with van der Waals surface area (Å²) in [5, 5.41) is 1.43. The Kier molecular flexibility index (Phi) is 4.61. The van der Waals surface area contributed by atoms with Crippen molar-refractivity contribution in [3.8, 4) is 0 Å². The number of hydroxylamine groups is 2. The SMILES string of the molecule is COOP(=O)(Cl)ON1CCOCC1. The van der Waals surface area contributed by atoms with Crippen molar-refractivity contribution >= 4 is 18.2 Å². The maximum absolute atomic E-state index is 11.2. The molecule has 1 atom stereocenters. The average Bonchev–Trinajstić information content (AvgIpc) is 2.04. The maximum atomic E-state index is 11.2. The van der Waals surface area contributed by atoms with Gasteiger partial charge in [-0.15, -0.1) is 4.67 Å². The Morgan fingerprint density at radius 2 is 2.08 bits per heavy atom. The van der Waals surface area contributed by atoms with E-state index in [0.29, 0.717) is 26.3 Å². The molecule has 0 aliphatic carbocycles. The van der Waals surface area contributed by atoms with Gasteiger partial charge in [0, 0.05) is 24.3 Å². The van der Waals surface area contributed by atoms with Gasteiger partial charge >= 0.3 is 6.95 Å². The summed E-state index contributed by atoms with van der Waals surface area (Å²) in [5.41, 5.74) is 0. The third-order valence-electron chi connectivity index (χ3n) is 1.35. The summed E-state index contributed by atoms with van der Waals surface area (Å²) in [5.74, 6) is 0. The van der Waals surface area contributed by atoms with Gasteiger partial charge in [-0.25, -0.2) is 14.1 Å². The highest BCUT2D eigenvalue weighted by Crippen LogP contribution is 2.54. The third kappa shape index (κ3) is 4.37. The van der Waals surface area contributed by atoms with Crippen molar-refractivity contribution in [3.05, 3.63) is 0 Å². The van der Waals surface area contributed by atoms with Crippen LogP contribution in [0.4, 0.5) is 0 Å². The Bertz CT molecular complexity index is 197. The topological polar surface area (TPSA) is 57.2 Å². The normalized spacial score (nSPS) is 24.2. The zero-order valence-corrected chi connectivity index (χ0v) is 8.79. The molecule has 0 amide bonds. The number of halogens is 1. The number of hydrogen-bond acceptors (Lipinski definition) is 6. The van der Waals surface area contributed by atoms with Gasteiger partial charge in [0.25, 0.3) is 0 Å². The van der Waals surface area contributed by atoms with Crippen LogP contribution in [-0.2, 0) is 23.5 Å². The molecule has 1 saturated heterocycles. The smallest absolute Gasteiger partial charge is 0.379 e. The molecule has 78 valence electrons. The molecule has 1 fully saturated rings. The van der Waals surface area contributed by atoms with E-state index in [2.05, 4.69) is 9.56 Å². The lowest BCUT2D eigenvalue weighted by Crippen LogP contribution is -2.35. The van der Waals surface area contributed by atoms with E-state index in [1.54, 1.807) is 0 Å². The zero-order chi connectivity index (χ0) is 9.73. The van der Waals surface area contributed by atoms with Gasteiger partial charge in [0.2, 0.25) is 0 Å². The van der Waals surface area contributed by atoms with Crippen molar-refractivity contribution in [2.24, 2.45) is 0 Å². The number of morpholine rings is 1. The van der Waals surface area contributed by atoms with Crippen LogP contribution in [0.25, 0.3) is 0 Å². The van der Waals surface area contributed by atoms with Crippen molar-refractivity contribution in [3.63, 3.8) is 0 Å². The lowest BCUT2D eigenvalue weighted by Gasteiger charge is -2.26. The second-order valence-corrected chi connectivity index (χ2v) is 4.71. The van der Waals surface area contributed by atoms with Crippen LogP contribution in [0.1, 0.15) is 0 Å². The van der Waals surface area contributed by atoms with E-state index in [1.807, 2.05) is 0 Å². The number of ether oxygens (including phenoxy) is 1. The fourth-order valence-electron chi connectivity index (χ4n) is 0.869. The van der Waals surface area contributed by atoms with E-state index in [4.69, 9.17) is 20.6 Å². The highest BCUT2D eigenvalue weighted by molar-refractivity contribution is 7.81. The minimum absolute atomic E-state index is 0.504. The van der Waals surface area contributed by atoms with E-state index >= 15 is 0 Å². The van der Waals surface area contributed by atoms with Crippen LogP contribution < -0.4 is 0 Å². The van der Waals surface area contributed by atoms with Crippen LogP contribution in [0, 0.1) is 0 Å². The Hall–Kier alpha value is 0.320. The predicted molar refractivity (Wildman–Crippen MR) is 45.0 cm³/mol. The van der Waals surface area contributed by atoms with Crippen LogP contribution in [-0.4, -0.2) is 38.5 Å². The first-order valence-corrected chi connectivity index (χ1v) is 6.13. The molecule has 0 spiro atoms. The first kappa shape index (κ1) is 11.4. The fraction of sp³-hybridized carbons (Fsp3) is 1.00. The Labute approximate surface area is 80.8 Å². The standard InChI is InChI=1S/C5H11ClNO5P/c1-9-12-13(6,8)11-7-2-4-10-5-3-7/h2-5H2,1H3. The van der Waals surface area contributed by atoms with Gasteiger partial charge in [-0.2, -0.15) is 5.06 Å². The van der Waals surface area contributed by atoms with Gasteiger partial charge in [0.05, 0.1) is 20.3 Å². The highest BCUT2D eigenvalue weighted by Gasteiger charge is 2.27. The van der Waals surface area contributed by atoms with Crippen LogP contribution >= 0.6 is 18.2 Å². The summed E-state index contributed by atoms with van der Waals surface area (Å²) in [7, 11) is 1.21. The average molecular weight is 232 g/mol. The summed E-state index contributed by atoms with van der Waals surface area (Å²) in [6.45, 7) is -1.60. The summed E-state index contributed by atoms with van der Waals surface area (Å²) >= 11 is 5.37. The van der Waals surface area contributed by atoms with Crippen LogP contribution in [0.5, 0.6) is 0 Å². The van der Waals surface area contributed by atoms with Gasteiger partial charge in [-0.1, -0.05) is 0 Å². The van der Waals surface area contributed by atoms with Crippen molar-refractivity contribution in [2.45, 2.75) is 0 Å². The van der Waals surface area contributed by atoms with Crippen molar-refractivity contribution in [1.82, 2.24) is 5.06 Å². The van der Waals surface area contributed by atoms with Crippen molar-refractivity contribution in [2.75, 3.05) is 33.4 Å². The maximum Gasteiger partial charge on any atom is 0.467 e.